The van der Waals surface area contributed by atoms with Crippen molar-refractivity contribution in [3.05, 3.63) is 23.8 Å². The number of nitrogen functional groups attached to an aromatic ring is 1. The Bertz CT molecular complexity index is 372. The summed E-state index contributed by atoms with van der Waals surface area (Å²) in [5.74, 6) is 0.689. The largest absolute Gasteiger partial charge is 0.488 e. The van der Waals surface area contributed by atoms with E-state index in [1.165, 1.54) is 0 Å². The second-order valence-electron chi connectivity index (χ2n) is 4.08. The quantitative estimate of drug-likeness (QED) is 0.691. The predicted molar refractivity (Wildman–Crippen MR) is 56.0 cm³/mol. The molecule has 0 saturated heterocycles. The molecule has 0 heterocycles. The van der Waals surface area contributed by atoms with Crippen LogP contribution < -0.4 is 10.5 Å². The fourth-order valence-electron chi connectivity index (χ4n) is 1.06. The molecule has 0 spiro atoms. The van der Waals surface area contributed by atoms with Gasteiger partial charge in [-0.1, -0.05) is 0 Å². The first-order chi connectivity index (χ1) is 6.42. The normalized spacial score (nSPS) is 10.7. The Labute approximate surface area is 84.1 Å². The van der Waals surface area contributed by atoms with Gasteiger partial charge in [0.25, 0.3) is 0 Å². The first-order valence-electron chi connectivity index (χ1n) is 4.41. The minimum atomic E-state index is -0.249. The molecule has 0 aliphatic heterocycles. The van der Waals surface area contributed by atoms with Crippen LogP contribution in [0.2, 0.25) is 0 Å². The summed E-state index contributed by atoms with van der Waals surface area (Å²) >= 11 is 0. The Morgan fingerprint density at radius 3 is 2.43 bits per heavy atom. The molecule has 1 aromatic carbocycles. The van der Waals surface area contributed by atoms with E-state index in [4.69, 9.17) is 15.7 Å². The SMILES string of the molecule is CC(C)(C)Oc1ccc(C#N)c(N)c1. The van der Waals surface area contributed by atoms with Crippen molar-refractivity contribution in [2.75, 3.05) is 5.73 Å². The van der Waals surface area contributed by atoms with Crippen molar-refractivity contribution < 1.29 is 4.74 Å². The molecule has 0 atom stereocenters. The molecule has 0 fully saturated rings. The van der Waals surface area contributed by atoms with Gasteiger partial charge < -0.3 is 10.5 Å². The molecule has 0 unspecified atom stereocenters. The van der Waals surface area contributed by atoms with E-state index < -0.39 is 0 Å². The van der Waals surface area contributed by atoms with E-state index in [-0.39, 0.29) is 5.60 Å². The third kappa shape index (κ3) is 2.67. The third-order valence-electron chi connectivity index (χ3n) is 1.57. The molecule has 14 heavy (non-hydrogen) atoms. The second-order valence-corrected chi connectivity index (χ2v) is 4.08. The highest BCUT2D eigenvalue weighted by atomic mass is 16.5. The van der Waals surface area contributed by atoms with E-state index in [1.54, 1.807) is 18.2 Å². The molecule has 1 aromatic rings. The van der Waals surface area contributed by atoms with E-state index in [9.17, 15) is 0 Å². The monoisotopic (exact) mass is 190 g/mol. The highest BCUT2D eigenvalue weighted by Gasteiger charge is 2.12. The highest BCUT2D eigenvalue weighted by molar-refractivity contribution is 5.57. The average molecular weight is 190 g/mol. The zero-order chi connectivity index (χ0) is 10.8. The molecule has 0 aliphatic rings. The van der Waals surface area contributed by atoms with E-state index in [2.05, 4.69) is 0 Å². The van der Waals surface area contributed by atoms with Crippen molar-refractivity contribution >= 4 is 5.69 Å². The zero-order valence-corrected chi connectivity index (χ0v) is 8.66. The van der Waals surface area contributed by atoms with Crippen molar-refractivity contribution in [2.24, 2.45) is 0 Å². The standard InChI is InChI=1S/C11H14N2O/c1-11(2,3)14-9-5-4-8(7-12)10(13)6-9/h4-6H,13H2,1-3H3. The Morgan fingerprint density at radius 2 is 2.00 bits per heavy atom. The van der Waals surface area contributed by atoms with Gasteiger partial charge >= 0.3 is 0 Å². The van der Waals surface area contributed by atoms with E-state index in [1.807, 2.05) is 26.8 Å². The molecular formula is C11H14N2O. The number of ether oxygens (including phenoxy) is 1. The van der Waals surface area contributed by atoms with Gasteiger partial charge in [-0.05, 0) is 32.9 Å². The smallest absolute Gasteiger partial charge is 0.122 e. The van der Waals surface area contributed by atoms with E-state index >= 15 is 0 Å². The van der Waals surface area contributed by atoms with Crippen molar-refractivity contribution in [3.63, 3.8) is 0 Å². The lowest BCUT2D eigenvalue weighted by Gasteiger charge is -2.21. The maximum Gasteiger partial charge on any atom is 0.122 e. The van der Waals surface area contributed by atoms with Gasteiger partial charge in [0.2, 0.25) is 0 Å². The van der Waals surface area contributed by atoms with Crippen molar-refractivity contribution in [1.82, 2.24) is 0 Å². The lowest BCUT2D eigenvalue weighted by Crippen LogP contribution is -2.22. The van der Waals surface area contributed by atoms with Gasteiger partial charge in [-0.25, -0.2) is 0 Å². The average Bonchev–Trinajstić information content (AvgIpc) is 2.01. The van der Waals surface area contributed by atoms with Crippen LogP contribution in [0, 0.1) is 11.3 Å². The lowest BCUT2D eigenvalue weighted by atomic mass is 10.1. The van der Waals surface area contributed by atoms with Crippen LogP contribution in [0.5, 0.6) is 5.75 Å². The molecule has 1 rings (SSSR count). The van der Waals surface area contributed by atoms with Gasteiger partial charge in [0.15, 0.2) is 0 Å². The Morgan fingerprint density at radius 1 is 1.36 bits per heavy atom. The summed E-state index contributed by atoms with van der Waals surface area (Å²) in [6, 6.07) is 7.09. The van der Waals surface area contributed by atoms with Crippen molar-refractivity contribution in [3.8, 4) is 11.8 Å². The number of nitrogens with zero attached hydrogens (tertiary/aromatic N) is 1. The summed E-state index contributed by atoms with van der Waals surface area (Å²) in [6.07, 6.45) is 0. The summed E-state index contributed by atoms with van der Waals surface area (Å²) in [5.41, 5.74) is 6.33. The van der Waals surface area contributed by atoms with Gasteiger partial charge in [0, 0.05) is 6.07 Å². The number of anilines is 1. The third-order valence-corrected chi connectivity index (χ3v) is 1.57. The van der Waals surface area contributed by atoms with Crippen LogP contribution in [0.4, 0.5) is 5.69 Å². The fourth-order valence-corrected chi connectivity index (χ4v) is 1.06. The number of benzene rings is 1. The van der Waals surface area contributed by atoms with Gasteiger partial charge in [0.1, 0.15) is 17.4 Å². The van der Waals surface area contributed by atoms with Crippen LogP contribution in [-0.2, 0) is 0 Å². The second kappa shape index (κ2) is 3.59. The molecule has 74 valence electrons. The molecule has 0 amide bonds. The van der Waals surface area contributed by atoms with Crippen LogP contribution in [0.25, 0.3) is 0 Å². The molecule has 3 nitrogen and oxygen atoms in total. The Kier molecular flexibility index (Phi) is 2.66. The number of hydrogen-bond donors (Lipinski definition) is 1. The molecule has 0 aliphatic carbocycles. The highest BCUT2D eigenvalue weighted by Crippen LogP contribution is 2.22. The Balaban J connectivity index is 2.94. The van der Waals surface area contributed by atoms with Gasteiger partial charge in [-0.3, -0.25) is 0 Å². The van der Waals surface area contributed by atoms with Gasteiger partial charge in [-0.15, -0.1) is 0 Å². The molecular weight excluding hydrogens is 176 g/mol. The topological polar surface area (TPSA) is 59.0 Å². The minimum Gasteiger partial charge on any atom is -0.488 e. The first kappa shape index (κ1) is 10.4. The van der Waals surface area contributed by atoms with Crippen LogP contribution in [0.15, 0.2) is 18.2 Å². The molecule has 3 heteroatoms. The zero-order valence-electron chi connectivity index (χ0n) is 8.66. The van der Waals surface area contributed by atoms with Crippen LogP contribution in [0.1, 0.15) is 26.3 Å². The minimum absolute atomic E-state index is 0.249. The lowest BCUT2D eigenvalue weighted by molar-refractivity contribution is 0.131. The molecule has 2 N–H and O–H groups in total. The first-order valence-corrected chi connectivity index (χ1v) is 4.41. The Hall–Kier alpha value is -1.69. The van der Waals surface area contributed by atoms with Gasteiger partial charge in [0.05, 0.1) is 11.3 Å². The predicted octanol–water partition coefficient (Wildman–Crippen LogP) is 2.32. The molecule has 0 radical (unpaired) electrons. The number of rotatable bonds is 1. The summed E-state index contributed by atoms with van der Waals surface area (Å²) in [6.45, 7) is 5.88. The maximum absolute atomic E-state index is 8.67. The summed E-state index contributed by atoms with van der Waals surface area (Å²) < 4.78 is 5.59. The van der Waals surface area contributed by atoms with Gasteiger partial charge in [-0.2, -0.15) is 5.26 Å². The summed E-state index contributed by atoms with van der Waals surface area (Å²) in [5, 5.41) is 8.67. The van der Waals surface area contributed by atoms with Crippen LogP contribution in [-0.4, -0.2) is 5.60 Å². The molecule has 0 bridgehead atoms. The number of nitriles is 1. The van der Waals surface area contributed by atoms with Crippen molar-refractivity contribution in [1.29, 1.82) is 5.26 Å². The molecule has 0 saturated carbocycles. The van der Waals surface area contributed by atoms with E-state index in [0.29, 0.717) is 17.0 Å². The fraction of sp³-hybridized carbons (Fsp3) is 0.364. The number of nitrogens with two attached hydrogens (primary N) is 1. The summed E-state index contributed by atoms with van der Waals surface area (Å²) in [7, 11) is 0. The molecule has 0 aromatic heterocycles. The van der Waals surface area contributed by atoms with Crippen molar-refractivity contribution in [2.45, 2.75) is 26.4 Å². The summed E-state index contributed by atoms with van der Waals surface area (Å²) in [4.78, 5) is 0. The van der Waals surface area contributed by atoms with E-state index in [0.717, 1.165) is 0 Å². The number of hydrogen-bond acceptors (Lipinski definition) is 3. The van der Waals surface area contributed by atoms with Crippen LogP contribution >= 0.6 is 0 Å². The van der Waals surface area contributed by atoms with Crippen LogP contribution in [0.3, 0.4) is 0 Å². The maximum atomic E-state index is 8.67.